The van der Waals surface area contributed by atoms with Gasteiger partial charge in [0.2, 0.25) is 0 Å². The second-order valence-electron chi connectivity index (χ2n) is 6.55. The molecular formula is C22H16Cl2N2OS2. The number of nitrogens with zero attached hydrogens (tertiary/aromatic N) is 2. The van der Waals surface area contributed by atoms with Gasteiger partial charge < -0.3 is 4.57 Å². The molecule has 0 aliphatic carbocycles. The Balaban J connectivity index is 1.74. The molecule has 1 saturated heterocycles. The number of fused-ring (bicyclic) bond motifs is 1. The van der Waals surface area contributed by atoms with E-state index in [1.165, 1.54) is 11.8 Å². The summed E-state index contributed by atoms with van der Waals surface area (Å²) in [6.07, 6.45) is 5.62. The number of aromatic nitrogens is 1. The number of halogens is 2. The third kappa shape index (κ3) is 4.01. The van der Waals surface area contributed by atoms with Gasteiger partial charge in [0.15, 0.2) is 0 Å². The number of rotatable bonds is 5. The Morgan fingerprint density at radius 1 is 1.17 bits per heavy atom. The maximum absolute atomic E-state index is 12.7. The van der Waals surface area contributed by atoms with Crippen molar-refractivity contribution in [2.45, 2.75) is 6.54 Å². The molecule has 3 nitrogen and oxygen atoms in total. The minimum atomic E-state index is -0.0857. The average Bonchev–Trinajstić information content (AvgIpc) is 3.17. The van der Waals surface area contributed by atoms with Crippen molar-refractivity contribution in [2.24, 2.45) is 0 Å². The molecule has 1 aliphatic rings. The number of thiocarbonyl (C=S) groups is 1. The second-order valence-corrected chi connectivity index (χ2v) is 9.07. The summed E-state index contributed by atoms with van der Waals surface area (Å²) < 4.78 is 2.68. The molecule has 0 N–H and O–H groups in total. The SMILES string of the molecule is C=CCN1C(=O)/C(=C\c2cn(Cc3ccc(Cl)cc3Cl)c3ccccc23)SC1=S. The minimum Gasteiger partial charge on any atom is -0.342 e. The van der Waals surface area contributed by atoms with Crippen LogP contribution < -0.4 is 0 Å². The van der Waals surface area contributed by atoms with E-state index in [-0.39, 0.29) is 5.91 Å². The monoisotopic (exact) mass is 458 g/mol. The van der Waals surface area contributed by atoms with Gasteiger partial charge >= 0.3 is 0 Å². The number of hydrogen-bond acceptors (Lipinski definition) is 3. The normalized spacial score (nSPS) is 15.7. The van der Waals surface area contributed by atoms with Crippen LogP contribution in [0.4, 0.5) is 0 Å². The molecule has 0 spiro atoms. The molecule has 4 rings (SSSR count). The standard InChI is InChI=1S/C22H16Cl2N2OS2/c1-2-9-26-21(27)20(29-22(26)28)10-15-13-25(19-6-4-3-5-17(15)19)12-14-7-8-16(23)11-18(14)24/h2-8,10-11,13H,1,9,12H2/b20-10+. The van der Waals surface area contributed by atoms with Gasteiger partial charge in [0, 0.05) is 45.8 Å². The lowest BCUT2D eigenvalue weighted by molar-refractivity contribution is -0.121. The largest absolute Gasteiger partial charge is 0.342 e. The molecule has 1 aliphatic heterocycles. The number of para-hydroxylation sites is 1. The Morgan fingerprint density at radius 3 is 2.72 bits per heavy atom. The van der Waals surface area contributed by atoms with Crippen molar-refractivity contribution in [1.29, 1.82) is 0 Å². The summed E-state index contributed by atoms with van der Waals surface area (Å²) in [4.78, 5) is 14.9. The smallest absolute Gasteiger partial charge is 0.266 e. The number of hydrogen-bond donors (Lipinski definition) is 0. The molecule has 1 aromatic heterocycles. The first-order valence-corrected chi connectivity index (χ1v) is 10.8. The summed E-state index contributed by atoms with van der Waals surface area (Å²) in [6, 6.07) is 13.6. The van der Waals surface area contributed by atoms with Gasteiger partial charge in [-0.05, 0) is 29.8 Å². The Kier molecular flexibility index (Phi) is 5.83. The van der Waals surface area contributed by atoms with Crippen molar-refractivity contribution in [1.82, 2.24) is 9.47 Å². The zero-order valence-corrected chi connectivity index (χ0v) is 18.4. The maximum atomic E-state index is 12.7. The van der Waals surface area contributed by atoms with Gasteiger partial charge in [-0.15, -0.1) is 6.58 Å². The van der Waals surface area contributed by atoms with Crippen LogP contribution in [0.2, 0.25) is 10.0 Å². The number of amides is 1. The van der Waals surface area contributed by atoms with Gasteiger partial charge in [-0.1, -0.05) is 77.5 Å². The van der Waals surface area contributed by atoms with E-state index in [1.54, 1.807) is 17.0 Å². The van der Waals surface area contributed by atoms with Crippen molar-refractivity contribution >= 4 is 74.4 Å². The van der Waals surface area contributed by atoms with Gasteiger partial charge in [0.25, 0.3) is 5.91 Å². The molecule has 7 heteroatoms. The van der Waals surface area contributed by atoms with Crippen LogP contribution in [0, 0.1) is 0 Å². The number of carbonyl (C=O) groups is 1. The van der Waals surface area contributed by atoms with Crippen LogP contribution in [0.3, 0.4) is 0 Å². The highest BCUT2D eigenvalue weighted by atomic mass is 35.5. The third-order valence-corrected chi connectivity index (χ3v) is 6.61. The molecule has 0 bridgehead atoms. The van der Waals surface area contributed by atoms with Crippen molar-refractivity contribution in [3.63, 3.8) is 0 Å². The number of thioether (sulfide) groups is 1. The van der Waals surface area contributed by atoms with E-state index in [2.05, 4.69) is 17.2 Å². The van der Waals surface area contributed by atoms with Crippen LogP contribution in [-0.2, 0) is 11.3 Å². The van der Waals surface area contributed by atoms with E-state index >= 15 is 0 Å². The Bertz CT molecular complexity index is 1180. The van der Waals surface area contributed by atoms with Gasteiger partial charge in [-0.25, -0.2) is 0 Å². The molecule has 29 heavy (non-hydrogen) atoms. The molecule has 146 valence electrons. The highest BCUT2D eigenvalue weighted by Gasteiger charge is 2.31. The topological polar surface area (TPSA) is 25.2 Å². The highest BCUT2D eigenvalue weighted by molar-refractivity contribution is 8.26. The van der Waals surface area contributed by atoms with Crippen LogP contribution in [0.5, 0.6) is 0 Å². The summed E-state index contributed by atoms with van der Waals surface area (Å²) in [5.41, 5.74) is 3.00. The molecule has 0 atom stereocenters. The molecule has 2 heterocycles. The van der Waals surface area contributed by atoms with Crippen molar-refractivity contribution in [3.8, 4) is 0 Å². The van der Waals surface area contributed by atoms with Crippen LogP contribution in [0.15, 0.2) is 66.2 Å². The van der Waals surface area contributed by atoms with E-state index in [4.69, 9.17) is 35.4 Å². The molecule has 0 unspecified atom stereocenters. The van der Waals surface area contributed by atoms with Gasteiger partial charge in [-0.2, -0.15) is 0 Å². The number of benzene rings is 2. The van der Waals surface area contributed by atoms with Crippen LogP contribution in [0.1, 0.15) is 11.1 Å². The lowest BCUT2D eigenvalue weighted by Crippen LogP contribution is -2.27. The van der Waals surface area contributed by atoms with E-state index in [9.17, 15) is 4.79 Å². The molecule has 0 radical (unpaired) electrons. The summed E-state index contributed by atoms with van der Waals surface area (Å²) in [6.45, 7) is 4.71. The van der Waals surface area contributed by atoms with Crippen molar-refractivity contribution in [2.75, 3.05) is 6.54 Å². The van der Waals surface area contributed by atoms with Crippen LogP contribution >= 0.6 is 47.2 Å². The summed E-state index contributed by atoms with van der Waals surface area (Å²) in [5.74, 6) is -0.0857. The van der Waals surface area contributed by atoms with Crippen molar-refractivity contribution < 1.29 is 4.79 Å². The summed E-state index contributed by atoms with van der Waals surface area (Å²) >= 11 is 19.0. The predicted octanol–water partition coefficient (Wildman–Crippen LogP) is 6.38. The Morgan fingerprint density at radius 2 is 1.97 bits per heavy atom. The lowest BCUT2D eigenvalue weighted by Gasteiger charge is -2.10. The lowest BCUT2D eigenvalue weighted by atomic mass is 10.1. The Hall–Kier alpha value is -2.05. The zero-order valence-electron chi connectivity index (χ0n) is 15.3. The van der Waals surface area contributed by atoms with Crippen LogP contribution in [-0.4, -0.2) is 26.2 Å². The zero-order chi connectivity index (χ0) is 20.5. The maximum Gasteiger partial charge on any atom is 0.266 e. The third-order valence-electron chi connectivity index (χ3n) is 4.65. The van der Waals surface area contributed by atoms with E-state index in [0.717, 1.165) is 22.0 Å². The fourth-order valence-electron chi connectivity index (χ4n) is 3.28. The first-order chi connectivity index (χ1) is 14.0. The second kappa shape index (κ2) is 8.36. The first-order valence-electron chi connectivity index (χ1n) is 8.86. The molecular weight excluding hydrogens is 443 g/mol. The number of carbonyl (C=O) groups excluding carboxylic acids is 1. The molecule has 1 fully saturated rings. The van der Waals surface area contributed by atoms with Gasteiger partial charge in [0.05, 0.1) is 4.91 Å². The fourth-order valence-corrected chi connectivity index (χ4v) is 5.02. The fraction of sp³-hybridized carbons (Fsp3) is 0.0909. The quantitative estimate of drug-likeness (QED) is 0.251. The molecule has 3 aromatic rings. The van der Waals surface area contributed by atoms with Gasteiger partial charge in [-0.3, -0.25) is 9.69 Å². The predicted molar refractivity (Wildman–Crippen MR) is 128 cm³/mol. The highest BCUT2D eigenvalue weighted by Crippen LogP contribution is 2.34. The summed E-state index contributed by atoms with van der Waals surface area (Å²) in [7, 11) is 0. The molecule has 0 saturated carbocycles. The minimum absolute atomic E-state index is 0.0857. The first kappa shape index (κ1) is 20.2. The van der Waals surface area contributed by atoms with E-state index < -0.39 is 0 Å². The molecule has 1 amide bonds. The van der Waals surface area contributed by atoms with Crippen molar-refractivity contribution in [3.05, 3.63) is 87.4 Å². The van der Waals surface area contributed by atoms with Crippen LogP contribution in [0.25, 0.3) is 17.0 Å². The van der Waals surface area contributed by atoms with Gasteiger partial charge in [0.1, 0.15) is 4.32 Å². The Labute approximate surface area is 188 Å². The summed E-state index contributed by atoms with van der Waals surface area (Å²) in [5, 5.41) is 2.30. The van der Waals surface area contributed by atoms with E-state index in [1.807, 2.05) is 42.6 Å². The van der Waals surface area contributed by atoms with E-state index in [0.29, 0.717) is 32.4 Å². The average molecular weight is 459 g/mol. The molecule has 2 aromatic carbocycles.